The lowest BCUT2D eigenvalue weighted by Crippen LogP contribution is -2.31. The average molecular weight is 445 g/mol. The fraction of sp³-hybridized carbons (Fsp3) is 0.444. The predicted octanol–water partition coefficient (Wildman–Crippen LogP) is 3.83. The number of aromatic nitrogens is 2. The molecule has 1 N–H and O–H groups in total. The molecule has 10 heteroatoms. The highest BCUT2D eigenvalue weighted by Gasteiger charge is 2.31. The molecule has 0 aliphatic carbocycles. The van der Waals surface area contributed by atoms with E-state index in [0.717, 1.165) is 17.0 Å². The van der Waals surface area contributed by atoms with Gasteiger partial charge in [0.2, 0.25) is 0 Å². The maximum Gasteiger partial charge on any atom is 0.321 e. The van der Waals surface area contributed by atoms with E-state index in [4.69, 9.17) is 23.2 Å². The minimum absolute atomic E-state index is 0.113. The molecule has 1 atom stereocenters. The first-order chi connectivity index (χ1) is 13.1. The number of carbonyl (C=O) groups excluding carboxylic acids is 1. The van der Waals surface area contributed by atoms with E-state index in [0.29, 0.717) is 28.7 Å². The summed E-state index contributed by atoms with van der Waals surface area (Å²) in [5, 5.41) is 8.10. The molecule has 2 heterocycles. The third-order valence-corrected chi connectivity index (χ3v) is 7.43. The number of carbonyl (C=O) groups is 1. The van der Waals surface area contributed by atoms with Crippen molar-refractivity contribution in [3.8, 4) is 0 Å². The molecule has 1 aliphatic rings. The van der Waals surface area contributed by atoms with E-state index in [2.05, 4.69) is 10.4 Å². The van der Waals surface area contributed by atoms with Crippen LogP contribution in [0.1, 0.15) is 29.4 Å². The number of nitrogens with zero attached hydrogens (tertiary/aromatic N) is 3. The van der Waals surface area contributed by atoms with Gasteiger partial charge in [-0.25, -0.2) is 13.2 Å². The van der Waals surface area contributed by atoms with Gasteiger partial charge in [0.25, 0.3) is 0 Å². The molecule has 2 aromatic rings. The van der Waals surface area contributed by atoms with Crippen LogP contribution in [0.25, 0.3) is 0 Å². The van der Waals surface area contributed by atoms with Gasteiger partial charge in [-0.2, -0.15) is 5.10 Å². The van der Waals surface area contributed by atoms with Crippen molar-refractivity contribution in [2.45, 2.75) is 32.9 Å². The van der Waals surface area contributed by atoms with Crippen LogP contribution in [0.3, 0.4) is 0 Å². The molecule has 0 bridgehead atoms. The SMILES string of the molecule is Cc1nn(C2CCS(=O)(=O)C2)c(C)c1CN(C)C(=O)Nc1ccc(Cl)c(Cl)c1. The smallest absolute Gasteiger partial charge is 0.321 e. The number of hydrogen-bond donors (Lipinski definition) is 1. The molecule has 3 rings (SSSR count). The van der Waals surface area contributed by atoms with Crippen LogP contribution < -0.4 is 5.32 Å². The second-order valence-electron chi connectivity index (χ2n) is 7.07. The monoisotopic (exact) mass is 444 g/mol. The molecule has 0 radical (unpaired) electrons. The molecule has 152 valence electrons. The molecule has 1 unspecified atom stereocenters. The van der Waals surface area contributed by atoms with Crippen LogP contribution in [0, 0.1) is 13.8 Å². The molecule has 28 heavy (non-hydrogen) atoms. The first-order valence-electron chi connectivity index (χ1n) is 8.79. The Kier molecular flexibility index (Phi) is 5.93. The number of anilines is 1. The molecule has 1 aromatic heterocycles. The van der Waals surface area contributed by atoms with Crippen molar-refractivity contribution in [2.24, 2.45) is 0 Å². The van der Waals surface area contributed by atoms with Crippen LogP contribution in [0.5, 0.6) is 0 Å². The normalized spacial score (nSPS) is 18.2. The molecular weight excluding hydrogens is 423 g/mol. The molecule has 1 fully saturated rings. The first-order valence-corrected chi connectivity index (χ1v) is 11.4. The number of halogens is 2. The first kappa shape index (κ1) is 21.0. The van der Waals surface area contributed by atoms with Crippen molar-refractivity contribution in [1.29, 1.82) is 0 Å². The lowest BCUT2D eigenvalue weighted by atomic mass is 10.2. The highest BCUT2D eigenvalue weighted by Crippen LogP contribution is 2.28. The van der Waals surface area contributed by atoms with Crippen LogP contribution in [0.15, 0.2) is 18.2 Å². The molecule has 1 aliphatic heterocycles. The third-order valence-electron chi connectivity index (χ3n) is 4.94. The van der Waals surface area contributed by atoms with Gasteiger partial charge in [0.05, 0.1) is 39.8 Å². The molecule has 1 aromatic carbocycles. The summed E-state index contributed by atoms with van der Waals surface area (Å²) >= 11 is 11.9. The van der Waals surface area contributed by atoms with Gasteiger partial charge in [-0.3, -0.25) is 4.68 Å². The summed E-state index contributed by atoms with van der Waals surface area (Å²) in [6.45, 7) is 4.13. The molecule has 2 amide bonds. The number of hydrogen-bond acceptors (Lipinski definition) is 4. The summed E-state index contributed by atoms with van der Waals surface area (Å²) < 4.78 is 25.4. The van der Waals surface area contributed by atoms with Crippen LogP contribution >= 0.6 is 23.2 Å². The number of benzene rings is 1. The van der Waals surface area contributed by atoms with Crippen LogP contribution in [0.2, 0.25) is 10.0 Å². The lowest BCUT2D eigenvalue weighted by molar-refractivity contribution is 0.220. The van der Waals surface area contributed by atoms with Gasteiger partial charge in [0.15, 0.2) is 9.84 Å². The minimum Gasteiger partial charge on any atom is -0.323 e. The Labute approximate surface area is 174 Å². The number of rotatable bonds is 4. The summed E-state index contributed by atoms with van der Waals surface area (Å²) in [5.41, 5.74) is 3.13. The summed E-state index contributed by atoms with van der Waals surface area (Å²) in [4.78, 5) is 14.1. The maximum atomic E-state index is 12.5. The Hall–Kier alpha value is -1.77. The predicted molar refractivity (Wildman–Crippen MR) is 111 cm³/mol. The van der Waals surface area contributed by atoms with Crippen LogP contribution in [-0.4, -0.2) is 47.7 Å². The Bertz CT molecular complexity index is 1020. The topological polar surface area (TPSA) is 84.3 Å². The van der Waals surface area contributed by atoms with E-state index in [9.17, 15) is 13.2 Å². The molecule has 1 saturated heterocycles. The Morgan fingerprint density at radius 1 is 1.32 bits per heavy atom. The van der Waals surface area contributed by atoms with Crippen molar-refractivity contribution >= 4 is 44.8 Å². The molecular formula is C18H22Cl2N4O3S. The zero-order chi connectivity index (χ0) is 20.6. The van der Waals surface area contributed by atoms with Gasteiger partial charge >= 0.3 is 6.03 Å². The van der Waals surface area contributed by atoms with Crippen molar-refractivity contribution in [3.63, 3.8) is 0 Å². The Morgan fingerprint density at radius 2 is 2.04 bits per heavy atom. The van der Waals surface area contributed by atoms with Crippen LogP contribution in [0.4, 0.5) is 10.5 Å². The third kappa shape index (κ3) is 4.45. The van der Waals surface area contributed by atoms with Crippen molar-refractivity contribution in [2.75, 3.05) is 23.9 Å². The summed E-state index contributed by atoms with van der Waals surface area (Å²) in [6.07, 6.45) is 0.567. The number of urea groups is 1. The number of aryl methyl sites for hydroxylation is 1. The fourth-order valence-electron chi connectivity index (χ4n) is 3.35. The zero-order valence-corrected chi connectivity index (χ0v) is 18.2. The van der Waals surface area contributed by atoms with Crippen molar-refractivity contribution < 1.29 is 13.2 Å². The molecule has 7 nitrogen and oxygen atoms in total. The molecule has 0 saturated carbocycles. The number of nitrogens with one attached hydrogen (secondary N) is 1. The number of amides is 2. The second kappa shape index (κ2) is 7.93. The van der Waals surface area contributed by atoms with E-state index in [1.54, 1.807) is 29.9 Å². The van der Waals surface area contributed by atoms with Gasteiger partial charge in [-0.1, -0.05) is 23.2 Å². The lowest BCUT2D eigenvalue weighted by Gasteiger charge is -2.19. The minimum atomic E-state index is -3.00. The standard InChI is InChI=1S/C18H22Cl2N4O3S/c1-11-15(12(2)24(22-11)14-6-7-28(26,27)10-14)9-23(3)18(25)21-13-4-5-16(19)17(20)8-13/h4-5,8,14H,6-7,9-10H2,1-3H3,(H,21,25). The van der Waals surface area contributed by atoms with Gasteiger partial charge in [-0.05, 0) is 38.5 Å². The number of sulfone groups is 1. The van der Waals surface area contributed by atoms with Crippen molar-refractivity contribution in [3.05, 3.63) is 45.2 Å². The van der Waals surface area contributed by atoms with Gasteiger partial charge in [-0.15, -0.1) is 0 Å². The maximum absolute atomic E-state index is 12.5. The van der Waals surface area contributed by atoms with E-state index in [-0.39, 0.29) is 23.6 Å². The van der Waals surface area contributed by atoms with E-state index >= 15 is 0 Å². The highest BCUT2D eigenvalue weighted by atomic mass is 35.5. The fourth-order valence-corrected chi connectivity index (χ4v) is 5.34. The summed E-state index contributed by atoms with van der Waals surface area (Å²) in [5.74, 6) is 0.305. The van der Waals surface area contributed by atoms with E-state index in [1.165, 1.54) is 4.90 Å². The largest absolute Gasteiger partial charge is 0.323 e. The average Bonchev–Trinajstić information content (AvgIpc) is 3.11. The Morgan fingerprint density at radius 3 is 2.64 bits per heavy atom. The van der Waals surface area contributed by atoms with Gasteiger partial charge in [0, 0.05) is 24.0 Å². The summed E-state index contributed by atoms with van der Waals surface area (Å²) in [7, 11) is -1.31. The zero-order valence-electron chi connectivity index (χ0n) is 15.9. The van der Waals surface area contributed by atoms with Crippen molar-refractivity contribution in [1.82, 2.24) is 14.7 Å². The van der Waals surface area contributed by atoms with Crippen LogP contribution in [-0.2, 0) is 16.4 Å². The second-order valence-corrected chi connectivity index (χ2v) is 10.1. The molecule has 0 spiro atoms. The quantitative estimate of drug-likeness (QED) is 0.776. The van der Waals surface area contributed by atoms with Gasteiger partial charge in [0.1, 0.15) is 0 Å². The summed E-state index contributed by atoms with van der Waals surface area (Å²) in [6, 6.07) is 4.44. The Balaban J connectivity index is 1.72. The van der Waals surface area contributed by atoms with E-state index < -0.39 is 9.84 Å². The highest BCUT2D eigenvalue weighted by molar-refractivity contribution is 7.91. The van der Waals surface area contributed by atoms with Gasteiger partial charge < -0.3 is 10.2 Å². The van der Waals surface area contributed by atoms with E-state index in [1.807, 2.05) is 13.8 Å².